The van der Waals surface area contributed by atoms with Gasteiger partial charge in [0, 0.05) is 12.5 Å². The van der Waals surface area contributed by atoms with Crippen molar-refractivity contribution in [1.29, 1.82) is 0 Å². The van der Waals surface area contributed by atoms with E-state index in [0.717, 1.165) is 44.1 Å². The predicted octanol–water partition coefficient (Wildman–Crippen LogP) is 0.509. The average molecular weight is 222 g/mol. The molecular weight excluding hydrogens is 204 g/mol. The topological polar surface area (TPSA) is 63.4 Å². The van der Waals surface area contributed by atoms with Gasteiger partial charge in [-0.15, -0.1) is 0 Å². The molecule has 1 aliphatic heterocycles. The number of hydrogen-bond donors (Lipinski definition) is 1. The number of fused-ring (bicyclic) bond motifs is 1. The summed E-state index contributed by atoms with van der Waals surface area (Å²) in [6.45, 7) is 0.721. The van der Waals surface area contributed by atoms with Crippen molar-refractivity contribution < 1.29 is 9.59 Å². The lowest BCUT2D eigenvalue weighted by molar-refractivity contribution is -0.140. The maximum Gasteiger partial charge on any atom is 0.240 e. The summed E-state index contributed by atoms with van der Waals surface area (Å²) in [5.74, 6) is 1.65. The van der Waals surface area contributed by atoms with Crippen LogP contribution in [-0.2, 0) is 9.59 Å². The van der Waals surface area contributed by atoms with Crippen LogP contribution in [0.15, 0.2) is 0 Å². The molecule has 4 nitrogen and oxygen atoms in total. The van der Waals surface area contributed by atoms with Crippen molar-refractivity contribution in [3.05, 3.63) is 0 Å². The maximum absolute atomic E-state index is 12.2. The fourth-order valence-corrected chi connectivity index (χ4v) is 3.48. The monoisotopic (exact) mass is 222 g/mol. The Labute approximate surface area is 95.2 Å². The Morgan fingerprint density at radius 1 is 1.12 bits per heavy atom. The summed E-state index contributed by atoms with van der Waals surface area (Å²) in [6, 6.07) is -0.329. The zero-order chi connectivity index (χ0) is 11.3. The first kappa shape index (κ1) is 10.1. The second kappa shape index (κ2) is 3.47. The number of nitrogens with two attached hydrogens (primary N) is 1. The van der Waals surface area contributed by atoms with Gasteiger partial charge in [-0.2, -0.15) is 0 Å². The average Bonchev–Trinajstić information content (AvgIpc) is 2.72. The smallest absolute Gasteiger partial charge is 0.240 e. The van der Waals surface area contributed by atoms with E-state index in [1.165, 1.54) is 6.42 Å². The van der Waals surface area contributed by atoms with Crippen LogP contribution < -0.4 is 5.73 Å². The van der Waals surface area contributed by atoms with Crippen LogP contribution in [-0.4, -0.2) is 29.3 Å². The van der Waals surface area contributed by atoms with Gasteiger partial charge in [-0.25, -0.2) is 0 Å². The van der Waals surface area contributed by atoms with Gasteiger partial charge in [0.05, 0.1) is 0 Å². The minimum absolute atomic E-state index is 0.184. The number of likely N-dealkylation sites (tertiary alicyclic amines) is 1. The highest BCUT2D eigenvalue weighted by molar-refractivity contribution is 5.88. The highest BCUT2D eigenvalue weighted by Gasteiger charge is 2.49. The molecule has 88 valence electrons. The molecule has 1 saturated heterocycles. The zero-order valence-electron chi connectivity index (χ0n) is 9.39. The molecule has 3 aliphatic rings. The van der Waals surface area contributed by atoms with Crippen LogP contribution in [0.5, 0.6) is 0 Å². The number of nitrogens with zero attached hydrogens (tertiary/aromatic N) is 1. The van der Waals surface area contributed by atoms with Gasteiger partial charge in [0.1, 0.15) is 6.04 Å². The molecule has 0 aromatic rings. The first-order valence-electron chi connectivity index (χ1n) is 6.26. The van der Waals surface area contributed by atoms with Crippen LogP contribution in [0.25, 0.3) is 0 Å². The number of carbonyl (C=O) groups excluding carboxylic acids is 2. The second-order valence-corrected chi connectivity index (χ2v) is 5.52. The number of hydrogen-bond acceptors (Lipinski definition) is 2. The Morgan fingerprint density at radius 3 is 2.44 bits per heavy atom. The molecule has 0 spiro atoms. The lowest BCUT2D eigenvalue weighted by atomic mass is 10.0. The number of rotatable bonds is 2. The summed E-state index contributed by atoms with van der Waals surface area (Å²) in [5.41, 5.74) is 5.33. The van der Waals surface area contributed by atoms with Crippen molar-refractivity contribution in [3.63, 3.8) is 0 Å². The van der Waals surface area contributed by atoms with Crippen molar-refractivity contribution in [2.24, 2.45) is 23.5 Å². The van der Waals surface area contributed by atoms with Gasteiger partial charge in [-0.3, -0.25) is 9.59 Å². The Bertz CT molecular complexity index is 332. The summed E-state index contributed by atoms with van der Waals surface area (Å²) in [7, 11) is 0. The van der Waals surface area contributed by atoms with Crippen molar-refractivity contribution in [2.45, 2.75) is 38.1 Å². The molecule has 16 heavy (non-hydrogen) atoms. The molecule has 0 radical (unpaired) electrons. The third-order valence-electron chi connectivity index (χ3n) is 4.46. The van der Waals surface area contributed by atoms with Crippen LogP contribution in [0.3, 0.4) is 0 Å². The fourth-order valence-electron chi connectivity index (χ4n) is 3.48. The van der Waals surface area contributed by atoms with Gasteiger partial charge < -0.3 is 10.6 Å². The predicted molar refractivity (Wildman–Crippen MR) is 58.3 cm³/mol. The molecule has 2 amide bonds. The van der Waals surface area contributed by atoms with Gasteiger partial charge in [-0.05, 0) is 43.9 Å². The first-order chi connectivity index (χ1) is 7.66. The molecule has 3 rings (SSSR count). The first-order valence-corrected chi connectivity index (χ1v) is 6.26. The summed E-state index contributed by atoms with van der Waals surface area (Å²) < 4.78 is 0. The molecule has 0 aromatic carbocycles. The molecule has 2 aliphatic carbocycles. The normalized spacial score (nSPS) is 40.9. The summed E-state index contributed by atoms with van der Waals surface area (Å²) in [5, 5.41) is 0. The quantitative estimate of drug-likeness (QED) is 0.740. The SMILES string of the molecule is NC(=O)C1CCCN1C(=O)C1CC2CC2C1. The van der Waals surface area contributed by atoms with E-state index < -0.39 is 0 Å². The van der Waals surface area contributed by atoms with E-state index in [2.05, 4.69) is 0 Å². The molecule has 1 heterocycles. The molecule has 0 bridgehead atoms. The molecule has 0 aromatic heterocycles. The van der Waals surface area contributed by atoms with Crippen LogP contribution in [0, 0.1) is 17.8 Å². The molecule has 3 unspecified atom stereocenters. The van der Waals surface area contributed by atoms with E-state index in [1.807, 2.05) is 0 Å². The van der Waals surface area contributed by atoms with E-state index in [-0.39, 0.29) is 23.8 Å². The maximum atomic E-state index is 12.2. The second-order valence-electron chi connectivity index (χ2n) is 5.52. The van der Waals surface area contributed by atoms with Crippen molar-refractivity contribution in [1.82, 2.24) is 4.90 Å². The van der Waals surface area contributed by atoms with E-state index in [4.69, 9.17) is 5.73 Å². The summed E-state index contributed by atoms with van der Waals surface area (Å²) in [6.07, 6.45) is 5.08. The van der Waals surface area contributed by atoms with Crippen LogP contribution in [0.2, 0.25) is 0 Å². The van der Waals surface area contributed by atoms with Gasteiger partial charge in [0.15, 0.2) is 0 Å². The highest BCUT2D eigenvalue weighted by Crippen LogP contribution is 2.54. The van der Waals surface area contributed by atoms with Crippen LogP contribution in [0.4, 0.5) is 0 Å². The minimum Gasteiger partial charge on any atom is -0.368 e. The number of carbonyl (C=O) groups is 2. The van der Waals surface area contributed by atoms with Gasteiger partial charge in [-0.1, -0.05) is 0 Å². The third-order valence-corrected chi connectivity index (χ3v) is 4.46. The molecule has 2 N–H and O–H groups in total. The molecule has 2 saturated carbocycles. The Kier molecular flexibility index (Phi) is 2.19. The molecular formula is C12H18N2O2. The Morgan fingerprint density at radius 2 is 1.81 bits per heavy atom. The zero-order valence-corrected chi connectivity index (χ0v) is 9.39. The minimum atomic E-state index is -0.339. The van der Waals surface area contributed by atoms with E-state index in [9.17, 15) is 9.59 Å². The lowest BCUT2D eigenvalue weighted by Crippen LogP contribution is -2.45. The number of primary amides is 1. The summed E-state index contributed by atoms with van der Waals surface area (Å²) >= 11 is 0. The lowest BCUT2D eigenvalue weighted by Gasteiger charge is -2.25. The van der Waals surface area contributed by atoms with Crippen molar-refractivity contribution in [2.75, 3.05) is 6.54 Å². The Hall–Kier alpha value is -1.06. The third kappa shape index (κ3) is 1.51. The van der Waals surface area contributed by atoms with Crippen molar-refractivity contribution in [3.8, 4) is 0 Å². The molecule has 3 atom stereocenters. The fraction of sp³-hybridized carbons (Fsp3) is 0.833. The molecule has 4 heteroatoms. The summed E-state index contributed by atoms with van der Waals surface area (Å²) in [4.78, 5) is 25.2. The van der Waals surface area contributed by atoms with E-state index in [0.29, 0.717) is 0 Å². The Balaban J connectivity index is 1.67. The van der Waals surface area contributed by atoms with Crippen LogP contribution >= 0.6 is 0 Å². The van der Waals surface area contributed by atoms with E-state index >= 15 is 0 Å². The van der Waals surface area contributed by atoms with Gasteiger partial charge in [0.2, 0.25) is 11.8 Å². The van der Waals surface area contributed by atoms with Gasteiger partial charge in [0.25, 0.3) is 0 Å². The van der Waals surface area contributed by atoms with E-state index in [1.54, 1.807) is 4.90 Å². The molecule has 3 fully saturated rings. The largest absolute Gasteiger partial charge is 0.368 e. The van der Waals surface area contributed by atoms with Crippen LogP contribution in [0.1, 0.15) is 32.1 Å². The van der Waals surface area contributed by atoms with Crippen molar-refractivity contribution >= 4 is 11.8 Å². The highest BCUT2D eigenvalue weighted by atomic mass is 16.2. The van der Waals surface area contributed by atoms with Gasteiger partial charge >= 0.3 is 0 Å². The number of amides is 2. The standard InChI is InChI=1S/C12H18N2O2/c13-11(15)10-2-1-3-14(10)12(16)9-5-7-4-8(7)6-9/h7-10H,1-6H2,(H2,13,15).